The van der Waals surface area contributed by atoms with Crippen molar-refractivity contribution in [2.45, 2.75) is 51.6 Å². The van der Waals surface area contributed by atoms with Gasteiger partial charge in [0.25, 0.3) is 0 Å². The highest BCUT2D eigenvalue weighted by Gasteiger charge is 2.35. The summed E-state index contributed by atoms with van der Waals surface area (Å²) in [5.41, 5.74) is 0. The van der Waals surface area contributed by atoms with Crippen molar-refractivity contribution in [3.63, 3.8) is 0 Å². The zero-order valence-corrected chi connectivity index (χ0v) is 11.8. The molecule has 2 aliphatic rings. The number of carbonyl (C=O) groups excluding carboxylic acids is 1. The van der Waals surface area contributed by atoms with Gasteiger partial charge in [-0.25, -0.2) is 0 Å². The highest BCUT2D eigenvalue weighted by atomic mass is 16.2. The van der Waals surface area contributed by atoms with Crippen molar-refractivity contribution in [2.24, 2.45) is 0 Å². The molecule has 1 saturated heterocycles. The van der Waals surface area contributed by atoms with Crippen LogP contribution in [-0.2, 0) is 4.79 Å². The van der Waals surface area contributed by atoms with Crippen LogP contribution in [-0.4, -0.2) is 60.5 Å². The fourth-order valence-electron chi connectivity index (χ4n) is 2.65. The van der Waals surface area contributed by atoms with Crippen molar-refractivity contribution < 1.29 is 4.79 Å². The second-order valence-electron chi connectivity index (χ2n) is 5.58. The molecular weight excluding hydrogens is 226 g/mol. The number of nitrogens with zero attached hydrogens (tertiary/aromatic N) is 2. The molecule has 1 saturated carbocycles. The molecule has 1 aliphatic carbocycles. The Morgan fingerprint density at radius 1 is 1.39 bits per heavy atom. The molecule has 2 fully saturated rings. The number of carbonyl (C=O) groups is 1. The molecular formula is C14H27N3O. The standard InChI is InChI=1S/C14H27N3O/c1-3-4-9-17(13-5-6-13)14(18)12(2)16-10-7-15-8-11-16/h12-13,15H,3-11H2,1-2H3. The van der Waals surface area contributed by atoms with Gasteiger partial charge in [0.15, 0.2) is 0 Å². The summed E-state index contributed by atoms with van der Waals surface area (Å²) in [7, 11) is 0. The van der Waals surface area contributed by atoms with Crippen LogP contribution in [0.15, 0.2) is 0 Å². The minimum absolute atomic E-state index is 0.0598. The number of piperazine rings is 1. The average molecular weight is 253 g/mol. The van der Waals surface area contributed by atoms with Crippen LogP contribution in [0.2, 0.25) is 0 Å². The maximum atomic E-state index is 12.6. The van der Waals surface area contributed by atoms with E-state index in [1.54, 1.807) is 0 Å². The van der Waals surface area contributed by atoms with E-state index in [1.165, 1.54) is 19.3 Å². The van der Waals surface area contributed by atoms with Gasteiger partial charge in [-0.2, -0.15) is 0 Å². The lowest BCUT2D eigenvalue weighted by Gasteiger charge is -2.35. The molecule has 1 heterocycles. The predicted octanol–water partition coefficient (Wildman–Crippen LogP) is 1.07. The first kappa shape index (κ1) is 13.8. The number of hydrogen-bond donors (Lipinski definition) is 1. The lowest BCUT2D eigenvalue weighted by Crippen LogP contribution is -2.54. The van der Waals surface area contributed by atoms with E-state index in [0.717, 1.165) is 39.1 Å². The molecule has 1 atom stereocenters. The third-order valence-corrected chi connectivity index (χ3v) is 4.08. The maximum Gasteiger partial charge on any atom is 0.239 e. The molecule has 1 N–H and O–H groups in total. The highest BCUT2D eigenvalue weighted by Crippen LogP contribution is 2.28. The van der Waals surface area contributed by atoms with Gasteiger partial charge in [-0.05, 0) is 26.2 Å². The molecule has 18 heavy (non-hydrogen) atoms. The van der Waals surface area contributed by atoms with Gasteiger partial charge in [-0.1, -0.05) is 13.3 Å². The fourth-order valence-corrected chi connectivity index (χ4v) is 2.65. The monoisotopic (exact) mass is 253 g/mol. The van der Waals surface area contributed by atoms with E-state index in [-0.39, 0.29) is 6.04 Å². The van der Waals surface area contributed by atoms with E-state index in [4.69, 9.17) is 0 Å². The lowest BCUT2D eigenvalue weighted by atomic mass is 10.2. The predicted molar refractivity (Wildman–Crippen MR) is 73.5 cm³/mol. The van der Waals surface area contributed by atoms with Gasteiger partial charge in [0, 0.05) is 38.8 Å². The van der Waals surface area contributed by atoms with Crippen LogP contribution in [0.3, 0.4) is 0 Å². The first-order chi connectivity index (χ1) is 8.74. The van der Waals surface area contributed by atoms with E-state index in [0.29, 0.717) is 11.9 Å². The van der Waals surface area contributed by atoms with E-state index in [2.05, 4.69) is 29.0 Å². The largest absolute Gasteiger partial charge is 0.338 e. The Balaban J connectivity index is 1.89. The molecule has 0 aromatic rings. The number of amides is 1. The summed E-state index contributed by atoms with van der Waals surface area (Å²) in [6.07, 6.45) is 4.72. The summed E-state index contributed by atoms with van der Waals surface area (Å²) in [4.78, 5) is 17.1. The summed E-state index contributed by atoms with van der Waals surface area (Å²) >= 11 is 0. The van der Waals surface area contributed by atoms with Crippen LogP contribution in [0.1, 0.15) is 39.5 Å². The van der Waals surface area contributed by atoms with Gasteiger partial charge in [0.1, 0.15) is 0 Å². The smallest absolute Gasteiger partial charge is 0.239 e. The van der Waals surface area contributed by atoms with Crippen molar-refractivity contribution in [1.29, 1.82) is 0 Å². The Kier molecular flexibility index (Phi) is 5.01. The summed E-state index contributed by atoms with van der Waals surface area (Å²) in [5, 5.41) is 3.34. The average Bonchev–Trinajstić information content (AvgIpc) is 3.24. The van der Waals surface area contributed by atoms with Gasteiger partial charge < -0.3 is 10.2 Å². The van der Waals surface area contributed by atoms with Crippen LogP contribution in [0.4, 0.5) is 0 Å². The van der Waals surface area contributed by atoms with Crippen molar-refractivity contribution in [3.8, 4) is 0 Å². The number of unbranched alkanes of at least 4 members (excludes halogenated alkanes) is 1. The molecule has 104 valence electrons. The molecule has 2 rings (SSSR count). The molecule has 1 aliphatic heterocycles. The molecule has 0 bridgehead atoms. The number of rotatable bonds is 6. The topological polar surface area (TPSA) is 35.6 Å². The number of hydrogen-bond acceptors (Lipinski definition) is 3. The van der Waals surface area contributed by atoms with Gasteiger partial charge in [0.05, 0.1) is 6.04 Å². The molecule has 0 radical (unpaired) electrons. The Morgan fingerprint density at radius 3 is 2.61 bits per heavy atom. The maximum absolute atomic E-state index is 12.6. The minimum atomic E-state index is 0.0598. The van der Waals surface area contributed by atoms with Crippen molar-refractivity contribution in [1.82, 2.24) is 15.1 Å². The quantitative estimate of drug-likeness (QED) is 0.769. The van der Waals surface area contributed by atoms with Crippen LogP contribution in [0.25, 0.3) is 0 Å². The normalized spacial score (nSPS) is 22.8. The van der Waals surface area contributed by atoms with Crippen LogP contribution >= 0.6 is 0 Å². The third kappa shape index (κ3) is 3.45. The summed E-state index contributed by atoms with van der Waals surface area (Å²) in [5.74, 6) is 0.354. The second kappa shape index (κ2) is 6.53. The van der Waals surface area contributed by atoms with E-state index in [1.807, 2.05) is 0 Å². The molecule has 1 unspecified atom stereocenters. The summed E-state index contributed by atoms with van der Waals surface area (Å²) in [6, 6.07) is 0.610. The van der Waals surface area contributed by atoms with Crippen molar-refractivity contribution in [3.05, 3.63) is 0 Å². The van der Waals surface area contributed by atoms with Crippen LogP contribution in [0.5, 0.6) is 0 Å². The Labute approximate surface area is 111 Å². The van der Waals surface area contributed by atoms with E-state index in [9.17, 15) is 4.79 Å². The molecule has 4 nitrogen and oxygen atoms in total. The highest BCUT2D eigenvalue weighted by molar-refractivity contribution is 5.82. The van der Waals surface area contributed by atoms with E-state index < -0.39 is 0 Å². The molecule has 4 heteroatoms. The first-order valence-corrected chi connectivity index (χ1v) is 7.49. The zero-order valence-electron chi connectivity index (χ0n) is 11.8. The molecule has 0 spiro atoms. The number of nitrogens with one attached hydrogen (secondary N) is 1. The Hall–Kier alpha value is -0.610. The second-order valence-corrected chi connectivity index (χ2v) is 5.58. The molecule has 1 amide bonds. The van der Waals surface area contributed by atoms with Crippen molar-refractivity contribution >= 4 is 5.91 Å². The SMILES string of the molecule is CCCCN(C(=O)C(C)N1CCNCC1)C1CC1. The van der Waals surface area contributed by atoms with Crippen LogP contribution < -0.4 is 5.32 Å². The summed E-state index contributed by atoms with van der Waals surface area (Å²) < 4.78 is 0. The van der Waals surface area contributed by atoms with E-state index >= 15 is 0 Å². The fraction of sp³-hybridized carbons (Fsp3) is 0.929. The van der Waals surface area contributed by atoms with Crippen molar-refractivity contribution in [2.75, 3.05) is 32.7 Å². The summed E-state index contributed by atoms with van der Waals surface area (Å²) in [6.45, 7) is 9.24. The Bertz CT molecular complexity index is 272. The first-order valence-electron chi connectivity index (χ1n) is 7.49. The van der Waals surface area contributed by atoms with Gasteiger partial charge in [-0.3, -0.25) is 9.69 Å². The molecule has 0 aromatic heterocycles. The Morgan fingerprint density at radius 2 is 2.06 bits per heavy atom. The van der Waals surface area contributed by atoms with Crippen LogP contribution in [0, 0.1) is 0 Å². The van der Waals surface area contributed by atoms with Gasteiger partial charge in [0.2, 0.25) is 5.91 Å². The lowest BCUT2D eigenvalue weighted by molar-refractivity contribution is -0.137. The van der Waals surface area contributed by atoms with Gasteiger partial charge in [-0.15, -0.1) is 0 Å². The zero-order chi connectivity index (χ0) is 13.0. The van der Waals surface area contributed by atoms with Gasteiger partial charge >= 0.3 is 0 Å². The molecule has 0 aromatic carbocycles. The third-order valence-electron chi connectivity index (χ3n) is 4.08. The minimum Gasteiger partial charge on any atom is -0.338 e.